The number of nitrogens with one attached hydrogen (secondary N) is 2. The van der Waals surface area contributed by atoms with E-state index in [-0.39, 0.29) is 0 Å². The molecule has 1 aromatic rings. The summed E-state index contributed by atoms with van der Waals surface area (Å²) in [6, 6.07) is 1.87. The molecule has 0 amide bonds. The molecule has 0 bridgehead atoms. The van der Waals surface area contributed by atoms with E-state index in [2.05, 4.69) is 27.9 Å². The van der Waals surface area contributed by atoms with Crippen LogP contribution in [0.2, 0.25) is 0 Å². The highest BCUT2D eigenvalue weighted by Crippen LogP contribution is 2.32. The Morgan fingerprint density at radius 1 is 1.35 bits per heavy atom. The summed E-state index contributed by atoms with van der Waals surface area (Å²) in [6.07, 6.45) is 11.3. The summed E-state index contributed by atoms with van der Waals surface area (Å²) in [6.45, 7) is 3.49. The molecule has 0 aromatic carbocycles. The summed E-state index contributed by atoms with van der Waals surface area (Å²) in [5, 5.41) is 11.0. The molecule has 2 fully saturated rings. The van der Waals surface area contributed by atoms with Crippen LogP contribution >= 0.6 is 11.3 Å². The monoisotopic (exact) mass is 293 g/mol. The number of hydrogen-bond acceptors (Lipinski definition) is 4. The van der Waals surface area contributed by atoms with Gasteiger partial charge in [0.05, 0.1) is 6.04 Å². The maximum Gasteiger partial charge on any atom is 0.109 e. The van der Waals surface area contributed by atoms with E-state index in [0.717, 1.165) is 18.4 Å². The Morgan fingerprint density at radius 3 is 2.95 bits per heavy atom. The van der Waals surface area contributed by atoms with Gasteiger partial charge in [-0.1, -0.05) is 19.8 Å². The highest BCUT2D eigenvalue weighted by molar-refractivity contribution is 7.09. The van der Waals surface area contributed by atoms with Gasteiger partial charge >= 0.3 is 0 Å². The van der Waals surface area contributed by atoms with E-state index in [4.69, 9.17) is 0 Å². The number of nitrogens with zero attached hydrogens (tertiary/aromatic N) is 1. The first kappa shape index (κ1) is 14.5. The van der Waals surface area contributed by atoms with E-state index in [1.54, 1.807) is 11.3 Å². The SMILES string of the molecule is CCC(NC1CCCCC1C1CCCN1)c1nccs1. The van der Waals surface area contributed by atoms with Gasteiger partial charge < -0.3 is 10.6 Å². The van der Waals surface area contributed by atoms with Crippen molar-refractivity contribution in [1.29, 1.82) is 0 Å². The molecule has 4 unspecified atom stereocenters. The Labute approximate surface area is 126 Å². The largest absolute Gasteiger partial charge is 0.314 e. The zero-order chi connectivity index (χ0) is 13.8. The Bertz CT molecular complexity index is 386. The predicted octanol–water partition coefficient (Wildman–Crippen LogP) is 3.49. The van der Waals surface area contributed by atoms with E-state index in [9.17, 15) is 0 Å². The van der Waals surface area contributed by atoms with Crippen LogP contribution in [0.5, 0.6) is 0 Å². The normalized spacial score (nSPS) is 32.4. The fourth-order valence-electron chi connectivity index (χ4n) is 3.95. The quantitative estimate of drug-likeness (QED) is 0.872. The number of aromatic nitrogens is 1. The minimum absolute atomic E-state index is 0.446. The van der Waals surface area contributed by atoms with Crippen LogP contribution in [0.3, 0.4) is 0 Å². The van der Waals surface area contributed by atoms with Gasteiger partial charge in [0.25, 0.3) is 0 Å². The van der Waals surface area contributed by atoms with Crippen LogP contribution in [0.25, 0.3) is 0 Å². The molecular formula is C16H27N3S. The second kappa shape index (κ2) is 7.01. The van der Waals surface area contributed by atoms with Crippen LogP contribution in [-0.4, -0.2) is 23.6 Å². The van der Waals surface area contributed by atoms with Crippen molar-refractivity contribution in [2.45, 2.75) is 70.0 Å². The van der Waals surface area contributed by atoms with Gasteiger partial charge in [-0.15, -0.1) is 11.3 Å². The van der Waals surface area contributed by atoms with Gasteiger partial charge in [0.1, 0.15) is 5.01 Å². The fraction of sp³-hybridized carbons (Fsp3) is 0.812. The topological polar surface area (TPSA) is 37.0 Å². The molecule has 0 radical (unpaired) electrons. The lowest BCUT2D eigenvalue weighted by atomic mass is 9.79. The maximum atomic E-state index is 4.52. The molecule has 4 heteroatoms. The van der Waals surface area contributed by atoms with Crippen LogP contribution < -0.4 is 10.6 Å². The molecule has 1 saturated heterocycles. The summed E-state index contributed by atoms with van der Waals surface area (Å²) >= 11 is 1.79. The molecule has 112 valence electrons. The molecule has 1 saturated carbocycles. The lowest BCUT2D eigenvalue weighted by Gasteiger charge is -2.38. The fourth-order valence-corrected chi connectivity index (χ4v) is 4.74. The van der Waals surface area contributed by atoms with Crippen molar-refractivity contribution < 1.29 is 0 Å². The van der Waals surface area contributed by atoms with Gasteiger partial charge in [0.2, 0.25) is 0 Å². The number of rotatable bonds is 5. The van der Waals surface area contributed by atoms with Gasteiger partial charge in [-0.3, -0.25) is 0 Å². The molecule has 1 aliphatic heterocycles. The number of thiazole rings is 1. The summed E-state index contributed by atoms with van der Waals surface area (Å²) in [5.74, 6) is 0.820. The van der Waals surface area contributed by atoms with Crippen molar-refractivity contribution >= 4 is 11.3 Å². The standard InChI is InChI=1S/C16H27N3S/c1-2-13(16-18-10-11-20-16)19-15-7-4-3-6-12(15)14-8-5-9-17-14/h10-15,17,19H,2-9H2,1H3. The Morgan fingerprint density at radius 2 is 2.25 bits per heavy atom. The molecule has 2 heterocycles. The highest BCUT2D eigenvalue weighted by atomic mass is 32.1. The molecule has 0 spiro atoms. The maximum absolute atomic E-state index is 4.52. The summed E-state index contributed by atoms with van der Waals surface area (Å²) in [7, 11) is 0. The third-order valence-corrected chi connectivity index (χ3v) is 5.90. The molecule has 3 rings (SSSR count). The van der Waals surface area contributed by atoms with Crippen molar-refractivity contribution in [3.8, 4) is 0 Å². The van der Waals surface area contributed by atoms with E-state index < -0.39 is 0 Å². The van der Waals surface area contributed by atoms with Gasteiger partial charge in [0, 0.05) is 23.7 Å². The van der Waals surface area contributed by atoms with Gasteiger partial charge in [-0.25, -0.2) is 4.98 Å². The van der Waals surface area contributed by atoms with Crippen LogP contribution in [0.1, 0.15) is 62.9 Å². The summed E-state index contributed by atoms with van der Waals surface area (Å²) in [5.41, 5.74) is 0. The van der Waals surface area contributed by atoms with E-state index in [1.165, 1.54) is 50.1 Å². The Hall–Kier alpha value is -0.450. The van der Waals surface area contributed by atoms with Gasteiger partial charge in [-0.05, 0) is 44.6 Å². The van der Waals surface area contributed by atoms with Crippen LogP contribution in [0.15, 0.2) is 11.6 Å². The lowest BCUT2D eigenvalue weighted by molar-refractivity contribution is 0.199. The van der Waals surface area contributed by atoms with Crippen molar-refractivity contribution in [2.24, 2.45) is 5.92 Å². The first-order valence-electron chi connectivity index (χ1n) is 8.27. The third-order valence-electron chi connectivity index (χ3n) is 5.01. The second-order valence-electron chi connectivity index (χ2n) is 6.26. The minimum atomic E-state index is 0.446. The van der Waals surface area contributed by atoms with Crippen LogP contribution in [-0.2, 0) is 0 Å². The molecule has 20 heavy (non-hydrogen) atoms. The van der Waals surface area contributed by atoms with E-state index in [0.29, 0.717) is 12.1 Å². The molecule has 1 aromatic heterocycles. The van der Waals surface area contributed by atoms with Crippen molar-refractivity contribution in [2.75, 3.05) is 6.54 Å². The zero-order valence-corrected chi connectivity index (χ0v) is 13.3. The van der Waals surface area contributed by atoms with Crippen molar-refractivity contribution in [3.05, 3.63) is 16.6 Å². The average Bonchev–Trinajstić information content (AvgIpc) is 3.18. The molecule has 2 N–H and O–H groups in total. The van der Waals surface area contributed by atoms with E-state index in [1.807, 2.05) is 6.20 Å². The average molecular weight is 293 g/mol. The van der Waals surface area contributed by atoms with Crippen molar-refractivity contribution in [3.63, 3.8) is 0 Å². The first-order valence-corrected chi connectivity index (χ1v) is 9.15. The number of hydrogen-bond donors (Lipinski definition) is 2. The molecular weight excluding hydrogens is 266 g/mol. The molecule has 1 aliphatic carbocycles. The lowest BCUT2D eigenvalue weighted by Crippen LogP contribution is -2.47. The highest BCUT2D eigenvalue weighted by Gasteiger charge is 2.34. The summed E-state index contributed by atoms with van der Waals surface area (Å²) < 4.78 is 0. The van der Waals surface area contributed by atoms with Gasteiger partial charge in [-0.2, -0.15) is 0 Å². The van der Waals surface area contributed by atoms with Crippen LogP contribution in [0.4, 0.5) is 0 Å². The zero-order valence-electron chi connectivity index (χ0n) is 12.5. The third kappa shape index (κ3) is 3.23. The minimum Gasteiger partial charge on any atom is -0.314 e. The summed E-state index contributed by atoms with van der Waals surface area (Å²) in [4.78, 5) is 4.52. The van der Waals surface area contributed by atoms with Gasteiger partial charge in [0.15, 0.2) is 0 Å². The molecule has 3 nitrogen and oxygen atoms in total. The van der Waals surface area contributed by atoms with Crippen LogP contribution in [0, 0.1) is 5.92 Å². The molecule has 4 atom stereocenters. The first-order chi connectivity index (χ1) is 9.88. The second-order valence-corrected chi connectivity index (χ2v) is 7.18. The van der Waals surface area contributed by atoms with E-state index >= 15 is 0 Å². The Balaban J connectivity index is 1.66. The molecule has 2 aliphatic rings. The smallest absolute Gasteiger partial charge is 0.109 e. The predicted molar refractivity (Wildman–Crippen MR) is 85.1 cm³/mol. The Kier molecular flexibility index (Phi) is 5.08. The van der Waals surface area contributed by atoms with Crippen molar-refractivity contribution in [1.82, 2.24) is 15.6 Å².